The topological polar surface area (TPSA) is 86.8 Å². The predicted octanol–water partition coefficient (Wildman–Crippen LogP) is 4.36. The van der Waals surface area contributed by atoms with Gasteiger partial charge in [-0.05, 0) is 49.2 Å². The fourth-order valence-electron chi connectivity index (χ4n) is 3.08. The van der Waals surface area contributed by atoms with Crippen molar-refractivity contribution in [1.82, 2.24) is 10.2 Å². The lowest BCUT2D eigenvalue weighted by Gasteiger charge is -2.31. The molecule has 7 nitrogen and oxygen atoms in total. The number of nitrogens with one attached hydrogen (secondary N) is 1. The second kappa shape index (κ2) is 11.9. The van der Waals surface area contributed by atoms with Gasteiger partial charge in [0.1, 0.15) is 12.6 Å². The van der Waals surface area contributed by atoms with Gasteiger partial charge in [-0.25, -0.2) is 8.42 Å². The van der Waals surface area contributed by atoms with Gasteiger partial charge in [-0.15, -0.1) is 0 Å². The summed E-state index contributed by atoms with van der Waals surface area (Å²) >= 11 is 18.3. The Morgan fingerprint density at radius 2 is 1.73 bits per heavy atom. The molecule has 0 heterocycles. The van der Waals surface area contributed by atoms with Crippen molar-refractivity contribution in [3.05, 3.63) is 63.1 Å². The molecule has 0 saturated carbocycles. The molecule has 2 amide bonds. The number of anilines is 1. The zero-order valence-electron chi connectivity index (χ0n) is 18.5. The highest BCUT2D eigenvalue weighted by atomic mass is 35.5. The summed E-state index contributed by atoms with van der Waals surface area (Å²) in [5, 5.41) is 3.63. The molecule has 33 heavy (non-hydrogen) atoms. The molecular formula is C22H26Cl3N3O4S. The van der Waals surface area contributed by atoms with Crippen LogP contribution in [0.5, 0.6) is 0 Å². The van der Waals surface area contributed by atoms with Gasteiger partial charge in [0.15, 0.2) is 0 Å². The minimum Gasteiger partial charge on any atom is -0.354 e. The smallest absolute Gasteiger partial charge is 0.244 e. The SMILES string of the molecule is CCCNC(=O)[C@H](C)N(Cc1cccc(Cl)c1)C(=O)CN(c1cc(Cl)ccc1Cl)S(C)(=O)=O. The van der Waals surface area contributed by atoms with Gasteiger partial charge in [-0.3, -0.25) is 13.9 Å². The summed E-state index contributed by atoms with van der Waals surface area (Å²) < 4.78 is 26.0. The zero-order chi connectivity index (χ0) is 24.8. The van der Waals surface area contributed by atoms with Crippen molar-refractivity contribution in [3.8, 4) is 0 Å². The molecule has 0 unspecified atom stereocenters. The van der Waals surface area contributed by atoms with Crippen LogP contribution in [0.2, 0.25) is 15.1 Å². The van der Waals surface area contributed by atoms with Gasteiger partial charge in [-0.2, -0.15) is 0 Å². The van der Waals surface area contributed by atoms with Crippen LogP contribution in [0.4, 0.5) is 5.69 Å². The van der Waals surface area contributed by atoms with E-state index in [1.165, 1.54) is 23.1 Å². The number of carbonyl (C=O) groups excluding carboxylic acids is 2. The van der Waals surface area contributed by atoms with Crippen LogP contribution in [0.3, 0.4) is 0 Å². The van der Waals surface area contributed by atoms with E-state index in [0.29, 0.717) is 17.1 Å². The van der Waals surface area contributed by atoms with E-state index in [0.717, 1.165) is 17.0 Å². The van der Waals surface area contributed by atoms with E-state index in [1.54, 1.807) is 31.2 Å². The number of benzene rings is 2. The number of carbonyl (C=O) groups is 2. The van der Waals surface area contributed by atoms with Crippen LogP contribution in [-0.4, -0.2) is 50.5 Å². The molecule has 1 N–H and O–H groups in total. The van der Waals surface area contributed by atoms with Crippen molar-refractivity contribution >= 4 is 62.3 Å². The molecular weight excluding hydrogens is 509 g/mol. The molecule has 0 spiro atoms. The number of rotatable bonds is 10. The highest BCUT2D eigenvalue weighted by molar-refractivity contribution is 7.92. The Morgan fingerprint density at radius 3 is 2.33 bits per heavy atom. The molecule has 0 radical (unpaired) electrons. The van der Waals surface area contributed by atoms with Crippen LogP contribution in [-0.2, 0) is 26.2 Å². The summed E-state index contributed by atoms with van der Waals surface area (Å²) in [4.78, 5) is 27.4. The third kappa shape index (κ3) is 7.78. The van der Waals surface area contributed by atoms with Crippen molar-refractivity contribution in [3.63, 3.8) is 0 Å². The Hall–Kier alpha value is -2.00. The summed E-state index contributed by atoms with van der Waals surface area (Å²) in [5.74, 6) is -0.936. The first-order chi connectivity index (χ1) is 15.4. The lowest BCUT2D eigenvalue weighted by Crippen LogP contribution is -2.51. The summed E-state index contributed by atoms with van der Waals surface area (Å²) in [6, 6.07) is 10.4. The van der Waals surface area contributed by atoms with E-state index in [-0.39, 0.29) is 28.2 Å². The summed E-state index contributed by atoms with van der Waals surface area (Å²) in [6.45, 7) is 3.45. The predicted molar refractivity (Wildman–Crippen MR) is 133 cm³/mol. The van der Waals surface area contributed by atoms with Gasteiger partial charge in [0.2, 0.25) is 21.8 Å². The maximum absolute atomic E-state index is 13.4. The maximum atomic E-state index is 13.4. The van der Waals surface area contributed by atoms with Gasteiger partial charge in [0, 0.05) is 23.1 Å². The largest absolute Gasteiger partial charge is 0.354 e. The van der Waals surface area contributed by atoms with E-state index in [1.807, 2.05) is 6.92 Å². The highest BCUT2D eigenvalue weighted by Gasteiger charge is 2.30. The fraction of sp³-hybridized carbons (Fsp3) is 0.364. The second-order valence-corrected chi connectivity index (χ2v) is 10.7. The Kier molecular flexibility index (Phi) is 9.84. The van der Waals surface area contributed by atoms with Crippen LogP contribution in [0.15, 0.2) is 42.5 Å². The Morgan fingerprint density at radius 1 is 1.06 bits per heavy atom. The highest BCUT2D eigenvalue weighted by Crippen LogP contribution is 2.31. The molecule has 2 aromatic rings. The molecule has 2 aromatic carbocycles. The van der Waals surface area contributed by atoms with Gasteiger partial charge in [0.25, 0.3) is 0 Å². The Labute approximate surface area is 209 Å². The number of sulfonamides is 1. The second-order valence-electron chi connectivity index (χ2n) is 7.48. The molecule has 0 bridgehead atoms. The fourth-order valence-corrected chi connectivity index (χ4v) is 4.58. The maximum Gasteiger partial charge on any atom is 0.244 e. The van der Waals surface area contributed by atoms with E-state index >= 15 is 0 Å². The quantitative estimate of drug-likeness (QED) is 0.491. The van der Waals surface area contributed by atoms with Gasteiger partial charge in [0.05, 0.1) is 17.0 Å². The van der Waals surface area contributed by atoms with Crippen LogP contribution in [0.25, 0.3) is 0 Å². The minimum absolute atomic E-state index is 0.0565. The van der Waals surface area contributed by atoms with Crippen molar-refractivity contribution in [2.75, 3.05) is 23.7 Å². The average molecular weight is 535 g/mol. The summed E-state index contributed by atoms with van der Waals surface area (Å²) in [6.07, 6.45) is 1.70. The summed E-state index contributed by atoms with van der Waals surface area (Å²) in [7, 11) is -3.90. The van der Waals surface area contributed by atoms with E-state index in [2.05, 4.69) is 5.32 Å². The van der Waals surface area contributed by atoms with E-state index in [9.17, 15) is 18.0 Å². The lowest BCUT2D eigenvalue weighted by atomic mass is 10.1. The molecule has 0 aliphatic rings. The molecule has 180 valence electrons. The minimum atomic E-state index is -3.90. The van der Waals surface area contributed by atoms with Crippen molar-refractivity contribution in [2.45, 2.75) is 32.9 Å². The van der Waals surface area contributed by atoms with Gasteiger partial charge >= 0.3 is 0 Å². The monoisotopic (exact) mass is 533 g/mol. The summed E-state index contributed by atoms with van der Waals surface area (Å²) in [5.41, 5.74) is 0.767. The van der Waals surface area contributed by atoms with Gasteiger partial charge in [-0.1, -0.05) is 53.9 Å². The van der Waals surface area contributed by atoms with E-state index < -0.39 is 28.5 Å². The first-order valence-electron chi connectivity index (χ1n) is 10.2. The molecule has 2 rings (SSSR count). The average Bonchev–Trinajstić information content (AvgIpc) is 2.74. The van der Waals surface area contributed by atoms with Crippen LogP contribution in [0.1, 0.15) is 25.8 Å². The first kappa shape index (κ1) is 27.2. The third-order valence-electron chi connectivity index (χ3n) is 4.81. The van der Waals surface area contributed by atoms with E-state index in [4.69, 9.17) is 34.8 Å². The normalized spacial score (nSPS) is 12.2. The standard InChI is InChI=1S/C22H26Cl3N3O4S/c1-4-10-26-22(30)15(2)27(13-16-6-5-7-17(23)11-16)21(29)14-28(33(3,31)32)20-12-18(24)8-9-19(20)25/h5-9,11-12,15H,4,10,13-14H2,1-3H3,(H,26,30)/t15-/m0/s1. The molecule has 0 aliphatic carbocycles. The van der Waals surface area contributed by atoms with Crippen molar-refractivity contribution < 1.29 is 18.0 Å². The number of hydrogen-bond donors (Lipinski definition) is 1. The molecule has 0 aliphatic heterocycles. The number of amides is 2. The van der Waals surface area contributed by atoms with Crippen LogP contribution < -0.4 is 9.62 Å². The van der Waals surface area contributed by atoms with Crippen molar-refractivity contribution in [2.24, 2.45) is 0 Å². The molecule has 1 atom stereocenters. The molecule has 0 saturated heterocycles. The van der Waals surface area contributed by atoms with Gasteiger partial charge < -0.3 is 10.2 Å². The third-order valence-corrected chi connectivity index (χ3v) is 6.73. The first-order valence-corrected chi connectivity index (χ1v) is 13.2. The van der Waals surface area contributed by atoms with Crippen molar-refractivity contribution in [1.29, 1.82) is 0 Å². The Bertz CT molecular complexity index is 1110. The Balaban J connectivity index is 2.42. The number of hydrogen-bond acceptors (Lipinski definition) is 4. The zero-order valence-corrected chi connectivity index (χ0v) is 21.6. The van der Waals surface area contributed by atoms with Crippen LogP contribution in [0, 0.1) is 0 Å². The lowest BCUT2D eigenvalue weighted by molar-refractivity contribution is -0.139. The number of halogens is 3. The molecule has 0 fully saturated rings. The molecule has 11 heteroatoms. The van der Waals surface area contributed by atoms with Crippen LogP contribution >= 0.6 is 34.8 Å². The molecule has 0 aromatic heterocycles. The number of nitrogens with zero attached hydrogens (tertiary/aromatic N) is 2.